The van der Waals surface area contributed by atoms with Gasteiger partial charge in [0.1, 0.15) is 11.2 Å². The first-order valence-corrected chi connectivity index (χ1v) is 19.2. The molecule has 0 spiro atoms. The molecule has 0 aliphatic heterocycles. The van der Waals surface area contributed by atoms with Gasteiger partial charge in [0.2, 0.25) is 0 Å². The molecular formula is C54H35NO. The first-order chi connectivity index (χ1) is 27.7. The molecule has 2 heteroatoms. The fourth-order valence-electron chi connectivity index (χ4n) is 8.52. The number of rotatable bonds is 6. The Morgan fingerprint density at radius 3 is 1.73 bits per heavy atom. The molecule has 0 aliphatic carbocycles. The van der Waals surface area contributed by atoms with Gasteiger partial charge in [-0.1, -0.05) is 158 Å². The predicted molar refractivity (Wildman–Crippen MR) is 237 cm³/mol. The lowest BCUT2D eigenvalue weighted by Gasteiger charge is -2.28. The van der Waals surface area contributed by atoms with E-state index in [1.54, 1.807) is 0 Å². The lowest BCUT2D eigenvalue weighted by Crippen LogP contribution is -2.10. The molecule has 2 nitrogen and oxygen atoms in total. The van der Waals surface area contributed by atoms with Gasteiger partial charge in [-0.15, -0.1) is 0 Å². The Labute approximate surface area is 325 Å². The number of para-hydroxylation sites is 1. The average molecular weight is 714 g/mol. The Kier molecular flexibility index (Phi) is 7.53. The molecule has 0 atom stereocenters. The zero-order chi connectivity index (χ0) is 37.0. The van der Waals surface area contributed by atoms with Gasteiger partial charge in [0.15, 0.2) is 0 Å². The van der Waals surface area contributed by atoms with E-state index < -0.39 is 0 Å². The van der Waals surface area contributed by atoms with Gasteiger partial charge in [0.25, 0.3) is 0 Å². The molecule has 0 aliphatic rings. The molecule has 0 saturated heterocycles. The molecule has 0 amide bonds. The molecule has 0 bridgehead atoms. The fourth-order valence-corrected chi connectivity index (χ4v) is 8.52. The summed E-state index contributed by atoms with van der Waals surface area (Å²) in [5, 5.41) is 9.68. The van der Waals surface area contributed by atoms with Gasteiger partial charge in [-0.05, 0) is 115 Å². The number of fused-ring (bicyclic) bond motifs is 7. The van der Waals surface area contributed by atoms with Crippen molar-refractivity contribution in [3.05, 3.63) is 212 Å². The molecule has 0 fully saturated rings. The van der Waals surface area contributed by atoms with Crippen LogP contribution in [0.15, 0.2) is 217 Å². The van der Waals surface area contributed by atoms with Crippen LogP contribution in [-0.4, -0.2) is 0 Å². The SMILES string of the molecule is c1cc(-c2cccc(N(c3ccc(-c4ccc5oc6ccccc6c5c4)cc3)c3cc4ccccc4c4ccccc34)c2)cc(-c2cccc3ccccc23)c1. The smallest absolute Gasteiger partial charge is 0.135 e. The molecule has 262 valence electrons. The van der Waals surface area contributed by atoms with E-state index in [0.717, 1.165) is 55.7 Å². The maximum absolute atomic E-state index is 6.14. The Morgan fingerprint density at radius 1 is 0.286 bits per heavy atom. The standard InChI is InChI=1S/C54H35NO/c1-3-19-45-37(12-1)14-11-24-46(45)41-17-9-15-38(32-41)39-16-10-18-44(33-39)55(52-35-42-13-2-4-20-47(42)48-21-5-6-22-49(48)52)43-29-26-36(27-30-43)40-28-31-54-51(34-40)50-23-7-8-25-53(50)56-54/h1-35H. The van der Waals surface area contributed by atoms with Crippen molar-refractivity contribution in [2.75, 3.05) is 4.90 Å². The molecule has 0 unspecified atom stereocenters. The third-order valence-corrected chi connectivity index (χ3v) is 11.2. The minimum atomic E-state index is 0.906. The highest BCUT2D eigenvalue weighted by molar-refractivity contribution is 6.14. The van der Waals surface area contributed by atoms with Crippen LogP contribution in [0.4, 0.5) is 17.1 Å². The first kappa shape index (κ1) is 32.0. The zero-order valence-electron chi connectivity index (χ0n) is 30.6. The number of furan rings is 1. The van der Waals surface area contributed by atoms with Crippen molar-refractivity contribution >= 4 is 71.3 Å². The highest BCUT2D eigenvalue weighted by Gasteiger charge is 2.19. The molecule has 11 rings (SSSR count). The monoisotopic (exact) mass is 713 g/mol. The largest absolute Gasteiger partial charge is 0.456 e. The van der Waals surface area contributed by atoms with Crippen LogP contribution in [0.1, 0.15) is 0 Å². The van der Waals surface area contributed by atoms with Crippen LogP contribution in [-0.2, 0) is 0 Å². The molecule has 11 aromatic rings. The number of benzene rings is 10. The second-order valence-corrected chi connectivity index (χ2v) is 14.5. The third-order valence-electron chi connectivity index (χ3n) is 11.2. The van der Waals surface area contributed by atoms with E-state index >= 15 is 0 Å². The van der Waals surface area contributed by atoms with Crippen LogP contribution in [0.3, 0.4) is 0 Å². The van der Waals surface area contributed by atoms with E-state index in [-0.39, 0.29) is 0 Å². The molecule has 10 aromatic carbocycles. The summed E-state index contributed by atoms with van der Waals surface area (Å²) in [7, 11) is 0. The van der Waals surface area contributed by atoms with Crippen molar-refractivity contribution in [2.24, 2.45) is 0 Å². The van der Waals surface area contributed by atoms with Crippen molar-refractivity contribution in [1.29, 1.82) is 0 Å². The molecule has 1 aromatic heterocycles. The number of hydrogen-bond acceptors (Lipinski definition) is 2. The Morgan fingerprint density at radius 2 is 0.875 bits per heavy atom. The van der Waals surface area contributed by atoms with E-state index in [0.29, 0.717) is 0 Å². The van der Waals surface area contributed by atoms with Crippen LogP contribution >= 0.6 is 0 Å². The molecule has 0 radical (unpaired) electrons. The van der Waals surface area contributed by atoms with Crippen LogP contribution in [0.2, 0.25) is 0 Å². The van der Waals surface area contributed by atoms with E-state index in [1.807, 2.05) is 12.1 Å². The molecule has 1 heterocycles. The van der Waals surface area contributed by atoms with Crippen molar-refractivity contribution in [2.45, 2.75) is 0 Å². The average Bonchev–Trinajstić information content (AvgIpc) is 3.65. The maximum atomic E-state index is 6.14. The second-order valence-electron chi connectivity index (χ2n) is 14.5. The second kappa shape index (κ2) is 13.2. The highest BCUT2D eigenvalue weighted by atomic mass is 16.3. The number of anilines is 3. The zero-order valence-corrected chi connectivity index (χ0v) is 30.6. The van der Waals surface area contributed by atoms with Crippen molar-refractivity contribution in [1.82, 2.24) is 0 Å². The summed E-state index contributed by atoms with van der Waals surface area (Å²) in [5.74, 6) is 0. The van der Waals surface area contributed by atoms with Gasteiger partial charge < -0.3 is 9.32 Å². The van der Waals surface area contributed by atoms with Crippen molar-refractivity contribution in [3.8, 4) is 33.4 Å². The van der Waals surface area contributed by atoms with Gasteiger partial charge in [-0.25, -0.2) is 0 Å². The van der Waals surface area contributed by atoms with Crippen LogP contribution in [0, 0.1) is 0 Å². The number of nitrogens with zero attached hydrogens (tertiary/aromatic N) is 1. The molecule has 0 saturated carbocycles. The summed E-state index contributed by atoms with van der Waals surface area (Å²) in [4.78, 5) is 2.42. The minimum absolute atomic E-state index is 0.906. The minimum Gasteiger partial charge on any atom is -0.456 e. The van der Waals surface area contributed by atoms with Gasteiger partial charge in [0, 0.05) is 27.5 Å². The van der Waals surface area contributed by atoms with Gasteiger partial charge >= 0.3 is 0 Å². The van der Waals surface area contributed by atoms with Crippen LogP contribution < -0.4 is 4.90 Å². The van der Waals surface area contributed by atoms with Gasteiger partial charge in [0.05, 0.1) is 5.69 Å². The molecular weight excluding hydrogens is 679 g/mol. The quantitative estimate of drug-likeness (QED) is 0.160. The summed E-state index contributed by atoms with van der Waals surface area (Å²) in [6.07, 6.45) is 0. The normalized spacial score (nSPS) is 11.6. The third kappa shape index (κ3) is 5.42. The van der Waals surface area contributed by atoms with Crippen molar-refractivity contribution < 1.29 is 4.42 Å². The lowest BCUT2D eigenvalue weighted by molar-refractivity contribution is 0.669. The summed E-state index contributed by atoms with van der Waals surface area (Å²) in [6.45, 7) is 0. The van der Waals surface area contributed by atoms with E-state index in [1.165, 1.54) is 49.0 Å². The lowest BCUT2D eigenvalue weighted by atomic mass is 9.95. The molecule has 56 heavy (non-hydrogen) atoms. The van der Waals surface area contributed by atoms with Gasteiger partial charge in [-0.2, -0.15) is 0 Å². The Hall–Kier alpha value is -7.42. The molecule has 0 N–H and O–H groups in total. The summed E-state index contributed by atoms with van der Waals surface area (Å²) in [6, 6.07) is 76.7. The maximum Gasteiger partial charge on any atom is 0.135 e. The van der Waals surface area contributed by atoms with E-state index in [4.69, 9.17) is 4.42 Å². The topological polar surface area (TPSA) is 16.4 Å². The Bertz CT molecular complexity index is 3260. The van der Waals surface area contributed by atoms with Crippen molar-refractivity contribution in [3.63, 3.8) is 0 Å². The Balaban J connectivity index is 1.06. The fraction of sp³-hybridized carbons (Fsp3) is 0. The van der Waals surface area contributed by atoms with E-state index in [2.05, 4.69) is 205 Å². The summed E-state index contributed by atoms with van der Waals surface area (Å²) < 4.78 is 6.14. The van der Waals surface area contributed by atoms with Crippen LogP contribution in [0.25, 0.3) is 87.6 Å². The summed E-state index contributed by atoms with van der Waals surface area (Å²) in [5.41, 5.74) is 12.2. The van der Waals surface area contributed by atoms with Crippen LogP contribution in [0.5, 0.6) is 0 Å². The van der Waals surface area contributed by atoms with E-state index in [9.17, 15) is 0 Å². The highest BCUT2D eigenvalue weighted by Crippen LogP contribution is 2.44. The first-order valence-electron chi connectivity index (χ1n) is 19.2. The van der Waals surface area contributed by atoms with Gasteiger partial charge in [-0.3, -0.25) is 0 Å². The predicted octanol–water partition coefficient (Wildman–Crippen LogP) is 15.5. The summed E-state index contributed by atoms with van der Waals surface area (Å²) >= 11 is 0. The number of hydrogen-bond donors (Lipinski definition) is 0.